The third kappa shape index (κ3) is 3.45. The molecule has 0 N–H and O–H groups in total. The number of aryl methyl sites for hydroxylation is 1. The second-order valence-electron chi connectivity index (χ2n) is 7.46. The number of rotatable bonds is 5. The van der Waals surface area contributed by atoms with Gasteiger partial charge in [-0.1, -0.05) is 43.8 Å². The first-order valence-corrected chi connectivity index (χ1v) is 11.3. The first-order valence-electron chi connectivity index (χ1n) is 9.49. The van der Waals surface area contributed by atoms with Gasteiger partial charge in [0.05, 0.1) is 23.8 Å². The van der Waals surface area contributed by atoms with Gasteiger partial charge in [0.25, 0.3) is 5.56 Å². The number of thioether (sulfide) groups is 1. The van der Waals surface area contributed by atoms with E-state index in [-0.39, 0.29) is 11.7 Å². The van der Waals surface area contributed by atoms with Crippen LogP contribution in [0.1, 0.15) is 29.9 Å². The van der Waals surface area contributed by atoms with Crippen molar-refractivity contribution in [1.82, 2.24) is 9.55 Å². The lowest BCUT2D eigenvalue weighted by atomic mass is 9.96. The molecule has 0 fully saturated rings. The molecule has 4 nitrogen and oxygen atoms in total. The summed E-state index contributed by atoms with van der Waals surface area (Å²) in [6.07, 6.45) is 2.76. The molecule has 0 spiro atoms. The molecule has 1 atom stereocenters. The van der Waals surface area contributed by atoms with E-state index in [1.54, 1.807) is 15.9 Å². The molecule has 3 heterocycles. The van der Waals surface area contributed by atoms with Crippen LogP contribution in [0.15, 0.2) is 46.9 Å². The van der Waals surface area contributed by atoms with Gasteiger partial charge in [-0.05, 0) is 36.1 Å². The lowest BCUT2D eigenvalue weighted by molar-refractivity contribution is 0.00200. The highest BCUT2D eigenvalue weighted by Crippen LogP contribution is 2.36. The zero-order chi connectivity index (χ0) is 19.8. The molecular formula is C22H24N2O2S2. The van der Waals surface area contributed by atoms with E-state index in [4.69, 9.17) is 9.72 Å². The van der Waals surface area contributed by atoms with Crippen molar-refractivity contribution < 1.29 is 4.74 Å². The molecule has 0 radical (unpaired) electrons. The molecule has 4 rings (SSSR count). The number of ether oxygens (including phenoxy) is 1. The van der Waals surface area contributed by atoms with Gasteiger partial charge in [0.15, 0.2) is 5.16 Å². The molecule has 0 bridgehead atoms. The van der Waals surface area contributed by atoms with E-state index in [1.807, 2.05) is 37.3 Å². The maximum absolute atomic E-state index is 13.7. The fourth-order valence-corrected chi connectivity index (χ4v) is 5.47. The second kappa shape index (κ2) is 7.85. The van der Waals surface area contributed by atoms with Crippen molar-refractivity contribution in [3.05, 3.63) is 63.3 Å². The van der Waals surface area contributed by atoms with Crippen LogP contribution in [-0.4, -0.2) is 21.4 Å². The SMILES string of the molecule is C=CCSc1nc2sc3c(c2c(=O)n1-c1cccc(C)c1)C[C@H](C(C)C)OC3. The van der Waals surface area contributed by atoms with E-state index in [2.05, 4.69) is 20.4 Å². The van der Waals surface area contributed by atoms with Crippen molar-refractivity contribution in [3.8, 4) is 5.69 Å². The van der Waals surface area contributed by atoms with E-state index in [0.29, 0.717) is 23.4 Å². The first kappa shape index (κ1) is 19.4. The van der Waals surface area contributed by atoms with Crippen LogP contribution in [0.4, 0.5) is 0 Å². The molecule has 2 aromatic heterocycles. The molecule has 3 aromatic rings. The number of fused-ring (bicyclic) bond motifs is 3. The lowest BCUT2D eigenvalue weighted by Gasteiger charge is -2.26. The zero-order valence-electron chi connectivity index (χ0n) is 16.4. The Bertz CT molecular complexity index is 1100. The topological polar surface area (TPSA) is 44.1 Å². The van der Waals surface area contributed by atoms with Crippen molar-refractivity contribution in [2.24, 2.45) is 5.92 Å². The molecule has 28 heavy (non-hydrogen) atoms. The van der Waals surface area contributed by atoms with Gasteiger partial charge >= 0.3 is 0 Å². The van der Waals surface area contributed by atoms with E-state index in [9.17, 15) is 4.79 Å². The molecule has 6 heteroatoms. The predicted molar refractivity (Wildman–Crippen MR) is 118 cm³/mol. The maximum atomic E-state index is 13.7. The van der Waals surface area contributed by atoms with Crippen molar-refractivity contribution in [2.75, 3.05) is 5.75 Å². The maximum Gasteiger partial charge on any atom is 0.267 e. The monoisotopic (exact) mass is 412 g/mol. The van der Waals surface area contributed by atoms with Crippen LogP contribution >= 0.6 is 23.1 Å². The Kier molecular flexibility index (Phi) is 5.45. The summed E-state index contributed by atoms with van der Waals surface area (Å²) >= 11 is 3.13. The second-order valence-corrected chi connectivity index (χ2v) is 9.53. The Morgan fingerprint density at radius 2 is 2.29 bits per heavy atom. The van der Waals surface area contributed by atoms with Crippen molar-refractivity contribution in [2.45, 2.75) is 45.1 Å². The van der Waals surface area contributed by atoms with Crippen LogP contribution in [0, 0.1) is 12.8 Å². The Labute approximate surface area is 173 Å². The first-order chi connectivity index (χ1) is 13.5. The van der Waals surface area contributed by atoms with Gasteiger partial charge in [0.2, 0.25) is 0 Å². The van der Waals surface area contributed by atoms with Crippen molar-refractivity contribution in [3.63, 3.8) is 0 Å². The Morgan fingerprint density at radius 3 is 3.00 bits per heavy atom. The van der Waals surface area contributed by atoms with E-state index in [1.165, 1.54) is 11.8 Å². The summed E-state index contributed by atoms with van der Waals surface area (Å²) in [6, 6.07) is 8.02. The van der Waals surface area contributed by atoms with Crippen LogP contribution in [0.3, 0.4) is 0 Å². The van der Waals surface area contributed by atoms with Crippen LogP contribution < -0.4 is 5.56 Å². The normalized spacial score (nSPS) is 16.5. The summed E-state index contributed by atoms with van der Waals surface area (Å²) in [5.41, 5.74) is 3.12. The van der Waals surface area contributed by atoms with Crippen LogP contribution in [0.25, 0.3) is 15.9 Å². The number of nitrogens with zero attached hydrogens (tertiary/aromatic N) is 2. The number of benzene rings is 1. The number of hydrogen-bond acceptors (Lipinski definition) is 5. The quantitative estimate of drug-likeness (QED) is 0.331. The summed E-state index contributed by atoms with van der Waals surface area (Å²) in [6.45, 7) is 10.7. The number of hydrogen-bond donors (Lipinski definition) is 0. The molecule has 0 saturated carbocycles. The molecule has 0 unspecified atom stereocenters. The van der Waals surface area contributed by atoms with Crippen molar-refractivity contribution >= 4 is 33.3 Å². The summed E-state index contributed by atoms with van der Waals surface area (Å²) in [7, 11) is 0. The van der Waals surface area contributed by atoms with Gasteiger partial charge in [-0.2, -0.15) is 0 Å². The Balaban J connectivity index is 1.96. The summed E-state index contributed by atoms with van der Waals surface area (Å²) in [5.74, 6) is 1.12. The van der Waals surface area contributed by atoms with Crippen molar-refractivity contribution in [1.29, 1.82) is 0 Å². The fourth-order valence-electron chi connectivity index (χ4n) is 3.56. The highest BCUT2D eigenvalue weighted by atomic mass is 32.2. The largest absolute Gasteiger partial charge is 0.372 e. The molecule has 0 aliphatic carbocycles. The molecule has 0 saturated heterocycles. The average molecular weight is 413 g/mol. The van der Waals surface area contributed by atoms with E-state index in [0.717, 1.165) is 38.3 Å². The van der Waals surface area contributed by atoms with E-state index < -0.39 is 0 Å². The minimum absolute atomic E-state index is 0.0177. The minimum atomic E-state index is 0.0177. The third-order valence-electron chi connectivity index (χ3n) is 5.05. The zero-order valence-corrected chi connectivity index (χ0v) is 18.0. The smallest absolute Gasteiger partial charge is 0.267 e. The molecule has 1 aromatic carbocycles. The third-order valence-corrected chi connectivity index (χ3v) is 7.08. The van der Waals surface area contributed by atoms with Gasteiger partial charge in [-0.15, -0.1) is 17.9 Å². The fraction of sp³-hybridized carbons (Fsp3) is 0.364. The standard InChI is InChI=1S/C22H24N2O2S2/c1-5-9-27-22-23-20-19(16-11-17(13(2)3)26-12-18(16)28-20)21(25)24(22)15-8-6-7-14(4)10-15/h5-8,10,13,17H,1,9,11-12H2,2-4H3/t17-/m1/s1. The molecule has 1 aliphatic rings. The lowest BCUT2D eigenvalue weighted by Crippen LogP contribution is -2.28. The number of thiophene rings is 1. The molecule has 0 amide bonds. The minimum Gasteiger partial charge on any atom is -0.372 e. The average Bonchev–Trinajstić information content (AvgIpc) is 3.04. The predicted octanol–water partition coefficient (Wildman–Crippen LogP) is 5.13. The Hall–Kier alpha value is -1.89. The van der Waals surface area contributed by atoms with Crippen LogP contribution in [-0.2, 0) is 17.8 Å². The van der Waals surface area contributed by atoms with Gasteiger partial charge in [0, 0.05) is 17.1 Å². The van der Waals surface area contributed by atoms with Crippen LogP contribution in [0.2, 0.25) is 0 Å². The summed E-state index contributed by atoms with van der Waals surface area (Å²) in [4.78, 5) is 20.5. The summed E-state index contributed by atoms with van der Waals surface area (Å²) in [5, 5.41) is 1.47. The summed E-state index contributed by atoms with van der Waals surface area (Å²) < 4.78 is 7.78. The number of aromatic nitrogens is 2. The Morgan fingerprint density at radius 1 is 1.46 bits per heavy atom. The van der Waals surface area contributed by atoms with Gasteiger partial charge in [0.1, 0.15) is 4.83 Å². The highest BCUT2D eigenvalue weighted by molar-refractivity contribution is 7.99. The highest BCUT2D eigenvalue weighted by Gasteiger charge is 2.28. The van der Waals surface area contributed by atoms with Gasteiger partial charge < -0.3 is 4.74 Å². The molecule has 1 aliphatic heterocycles. The van der Waals surface area contributed by atoms with Crippen LogP contribution in [0.5, 0.6) is 0 Å². The van der Waals surface area contributed by atoms with Gasteiger partial charge in [-0.3, -0.25) is 9.36 Å². The van der Waals surface area contributed by atoms with E-state index >= 15 is 0 Å². The van der Waals surface area contributed by atoms with Gasteiger partial charge in [-0.25, -0.2) is 4.98 Å². The molecular weight excluding hydrogens is 388 g/mol. The molecule has 146 valence electrons.